The summed E-state index contributed by atoms with van der Waals surface area (Å²) in [6.45, 7) is 2.80. The van der Waals surface area contributed by atoms with Crippen LogP contribution in [0.1, 0.15) is 32.1 Å². The Hall–Kier alpha value is -0.610. The first-order chi connectivity index (χ1) is 8.20. The number of amides is 1. The second-order valence-electron chi connectivity index (χ2n) is 5.64. The van der Waals surface area contributed by atoms with Crippen LogP contribution in [0.25, 0.3) is 0 Å². The first kappa shape index (κ1) is 12.8. The number of piperidine rings is 1. The molecule has 2 rings (SSSR count). The lowest BCUT2D eigenvalue weighted by atomic mass is 9.94. The number of likely N-dealkylation sites (tertiary alicyclic amines) is 1. The van der Waals surface area contributed by atoms with Gasteiger partial charge in [-0.1, -0.05) is 6.42 Å². The van der Waals surface area contributed by atoms with Gasteiger partial charge < -0.3 is 16.0 Å². The largest absolute Gasteiger partial charge is 0.352 e. The highest BCUT2D eigenvalue weighted by Gasteiger charge is 2.33. The molecule has 4 nitrogen and oxygen atoms in total. The van der Waals surface area contributed by atoms with Crippen LogP contribution in [0.15, 0.2) is 0 Å². The van der Waals surface area contributed by atoms with E-state index in [9.17, 15) is 4.79 Å². The Labute approximate surface area is 104 Å². The van der Waals surface area contributed by atoms with Crippen molar-refractivity contribution in [3.63, 3.8) is 0 Å². The molecule has 0 spiro atoms. The highest BCUT2D eigenvalue weighted by atomic mass is 16.2. The van der Waals surface area contributed by atoms with Crippen LogP contribution in [0.4, 0.5) is 0 Å². The van der Waals surface area contributed by atoms with Crippen molar-refractivity contribution in [2.75, 3.05) is 26.7 Å². The number of likely N-dealkylation sites (N-methyl/N-ethyl adjacent to an activating group) is 1. The number of nitrogens with one attached hydrogen (secondary N) is 1. The Kier molecular flexibility index (Phi) is 4.40. The molecule has 2 fully saturated rings. The quantitative estimate of drug-likeness (QED) is 0.757. The average Bonchev–Trinajstić information content (AvgIpc) is 2.77. The molecular formula is C13H25N3O. The summed E-state index contributed by atoms with van der Waals surface area (Å²) in [5.74, 6) is 0.835. The lowest BCUT2D eigenvalue weighted by Gasteiger charge is -2.31. The molecular weight excluding hydrogens is 214 g/mol. The van der Waals surface area contributed by atoms with Crippen LogP contribution < -0.4 is 11.1 Å². The van der Waals surface area contributed by atoms with Gasteiger partial charge >= 0.3 is 0 Å². The Bertz CT molecular complexity index is 269. The van der Waals surface area contributed by atoms with Gasteiger partial charge in [-0.15, -0.1) is 0 Å². The van der Waals surface area contributed by atoms with Crippen molar-refractivity contribution in [2.24, 2.45) is 17.6 Å². The van der Waals surface area contributed by atoms with E-state index < -0.39 is 0 Å². The molecule has 0 aromatic rings. The SMILES string of the molecule is CN1CCCC(NC(=O)C2CCCC2CN)C1. The van der Waals surface area contributed by atoms with Crippen molar-refractivity contribution in [2.45, 2.75) is 38.1 Å². The monoisotopic (exact) mass is 239 g/mol. The molecule has 0 bridgehead atoms. The second kappa shape index (κ2) is 5.83. The molecule has 2 aliphatic rings. The first-order valence-electron chi connectivity index (χ1n) is 6.89. The van der Waals surface area contributed by atoms with Gasteiger partial charge in [0.1, 0.15) is 0 Å². The van der Waals surface area contributed by atoms with E-state index in [-0.39, 0.29) is 11.8 Å². The van der Waals surface area contributed by atoms with Crippen LogP contribution in [0, 0.1) is 11.8 Å². The lowest BCUT2D eigenvalue weighted by Crippen LogP contribution is -2.48. The molecule has 4 heteroatoms. The molecule has 1 saturated carbocycles. The van der Waals surface area contributed by atoms with Gasteiger partial charge in [0.05, 0.1) is 0 Å². The third-order valence-corrected chi connectivity index (χ3v) is 4.27. The number of carbonyl (C=O) groups excluding carboxylic acids is 1. The van der Waals surface area contributed by atoms with E-state index >= 15 is 0 Å². The maximum Gasteiger partial charge on any atom is 0.223 e. The van der Waals surface area contributed by atoms with Crippen molar-refractivity contribution in [3.8, 4) is 0 Å². The number of hydrogen-bond acceptors (Lipinski definition) is 3. The summed E-state index contributed by atoms with van der Waals surface area (Å²) in [6, 6.07) is 0.347. The van der Waals surface area contributed by atoms with E-state index in [4.69, 9.17) is 5.73 Å². The van der Waals surface area contributed by atoms with Crippen molar-refractivity contribution in [1.82, 2.24) is 10.2 Å². The Morgan fingerprint density at radius 1 is 1.35 bits per heavy atom. The van der Waals surface area contributed by atoms with Crippen LogP contribution >= 0.6 is 0 Å². The van der Waals surface area contributed by atoms with E-state index in [1.165, 1.54) is 6.42 Å². The lowest BCUT2D eigenvalue weighted by molar-refractivity contribution is -0.127. The van der Waals surface area contributed by atoms with Crippen molar-refractivity contribution >= 4 is 5.91 Å². The highest BCUT2D eigenvalue weighted by molar-refractivity contribution is 5.79. The van der Waals surface area contributed by atoms with Gasteiger partial charge in [-0.25, -0.2) is 0 Å². The zero-order valence-corrected chi connectivity index (χ0v) is 10.8. The topological polar surface area (TPSA) is 58.4 Å². The summed E-state index contributed by atoms with van der Waals surface area (Å²) >= 11 is 0. The maximum absolute atomic E-state index is 12.2. The van der Waals surface area contributed by atoms with E-state index in [0.717, 1.165) is 38.8 Å². The van der Waals surface area contributed by atoms with E-state index in [1.54, 1.807) is 0 Å². The Morgan fingerprint density at radius 2 is 2.18 bits per heavy atom. The van der Waals surface area contributed by atoms with Gasteiger partial charge in [0, 0.05) is 18.5 Å². The molecule has 3 atom stereocenters. The zero-order valence-electron chi connectivity index (χ0n) is 10.8. The molecule has 1 aliphatic heterocycles. The fourth-order valence-corrected chi connectivity index (χ4v) is 3.26. The zero-order chi connectivity index (χ0) is 12.3. The summed E-state index contributed by atoms with van der Waals surface area (Å²) < 4.78 is 0. The van der Waals surface area contributed by atoms with E-state index in [1.807, 2.05) is 0 Å². The van der Waals surface area contributed by atoms with Crippen LogP contribution in [0.3, 0.4) is 0 Å². The highest BCUT2D eigenvalue weighted by Crippen LogP contribution is 2.31. The molecule has 1 aliphatic carbocycles. The summed E-state index contributed by atoms with van der Waals surface area (Å²) in [7, 11) is 2.12. The smallest absolute Gasteiger partial charge is 0.223 e. The Morgan fingerprint density at radius 3 is 2.88 bits per heavy atom. The molecule has 1 heterocycles. The number of hydrogen-bond donors (Lipinski definition) is 2. The normalized spacial score (nSPS) is 34.8. The predicted octanol–water partition coefficient (Wildman–Crippen LogP) is 0.572. The van der Waals surface area contributed by atoms with Crippen LogP contribution in [-0.2, 0) is 4.79 Å². The molecule has 98 valence electrons. The number of rotatable bonds is 3. The first-order valence-corrected chi connectivity index (χ1v) is 6.89. The summed E-state index contributed by atoms with van der Waals surface area (Å²) in [4.78, 5) is 14.5. The summed E-state index contributed by atoms with van der Waals surface area (Å²) in [5.41, 5.74) is 5.73. The standard InChI is InChI=1S/C13H25N3O/c1-16-7-3-5-11(9-16)15-13(17)12-6-2-4-10(12)8-14/h10-12H,2-9,14H2,1H3,(H,15,17). The minimum absolute atomic E-state index is 0.173. The fraction of sp³-hybridized carbons (Fsp3) is 0.923. The molecule has 0 aromatic carbocycles. The van der Waals surface area contributed by atoms with Crippen molar-refractivity contribution in [3.05, 3.63) is 0 Å². The molecule has 0 aromatic heterocycles. The molecule has 0 radical (unpaired) electrons. The van der Waals surface area contributed by atoms with Gasteiger partial charge in [-0.2, -0.15) is 0 Å². The van der Waals surface area contributed by atoms with E-state index in [2.05, 4.69) is 17.3 Å². The van der Waals surface area contributed by atoms with Crippen LogP contribution in [0.2, 0.25) is 0 Å². The van der Waals surface area contributed by atoms with Crippen molar-refractivity contribution < 1.29 is 4.79 Å². The van der Waals surface area contributed by atoms with Gasteiger partial charge in [-0.3, -0.25) is 4.79 Å². The second-order valence-corrected chi connectivity index (χ2v) is 5.64. The number of carbonyl (C=O) groups is 1. The molecule has 3 unspecified atom stereocenters. The minimum Gasteiger partial charge on any atom is -0.352 e. The number of nitrogens with two attached hydrogens (primary N) is 1. The molecule has 3 N–H and O–H groups in total. The van der Waals surface area contributed by atoms with Gasteiger partial charge in [0.15, 0.2) is 0 Å². The third kappa shape index (κ3) is 3.19. The van der Waals surface area contributed by atoms with Gasteiger partial charge in [0.25, 0.3) is 0 Å². The number of nitrogens with zero attached hydrogens (tertiary/aromatic N) is 1. The van der Waals surface area contributed by atoms with Gasteiger partial charge in [-0.05, 0) is 51.7 Å². The Balaban J connectivity index is 1.83. The minimum atomic E-state index is 0.173. The molecule has 1 saturated heterocycles. The third-order valence-electron chi connectivity index (χ3n) is 4.27. The summed E-state index contributed by atoms with van der Waals surface area (Å²) in [5, 5.41) is 3.22. The molecule has 17 heavy (non-hydrogen) atoms. The molecule has 1 amide bonds. The fourth-order valence-electron chi connectivity index (χ4n) is 3.26. The van der Waals surface area contributed by atoms with E-state index in [0.29, 0.717) is 18.5 Å². The van der Waals surface area contributed by atoms with Crippen LogP contribution in [-0.4, -0.2) is 43.5 Å². The summed E-state index contributed by atoms with van der Waals surface area (Å²) in [6.07, 6.45) is 5.61. The van der Waals surface area contributed by atoms with Crippen LogP contribution in [0.5, 0.6) is 0 Å². The van der Waals surface area contributed by atoms with Crippen molar-refractivity contribution in [1.29, 1.82) is 0 Å². The van der Waals surface area contributed by atoms with Gasteiger partial charge in [0.2, 0.25) is 5.91 Å². The maximum atomic E-state index is 12.2. The predicted molar refractivity (Wildman–Crippen MR) is 68.5 cm³/mol. The average molecular weight is 239 g/mol.